The molecule has 0 unspecified atom stereocenters. The first-order chi connectivity index (χ1) is 0. The van der Waals surface area contributed by atoms with Crippen molar-refractivity contribution in [2.45, 2.75) is 0 Å². The van der Waals surface area contributed by atoms with E-state index in [9.17, 15) is 0 Å². The molecule has 0 aliphatic rings. The molecular weight excluding hydrogens is 248 g/mol. The van der Waals surface area contributed by atoms with Gasteiger partial charge in [-0.1, -0.05) is 0 Å². The van der Waals surface area contributed by atoms with Crippen molar-refractivity contribution in [3.63, 3.8) is 0 Å². The van der Waals surface area contributed by atoms with Crippen molar-refractivity contribution in [2.75, 3.05) is 0 Å². The van der Waals surface area contributed by atoms with Crippen LogP contribution >= 0.6 is 0 Å². The summed E-state index contributed by atoms with van der Waals surface area (Å²) in [4.78, 5) is 0. The SMILES string of the molecule is [Ca+2].[Cu].[H-].[H-].[H-].[H-].[Mg+2].[Mn].[Zn]. The van der Waals surface area contributed by atoms with Crippen LogP contribution in [0.5, 0.6) is 0 Å². The molecule has 2 radical (unpaired) electrons. The Hall–Kier alpha value is 3.69. The van der Waals surface area contributed by atoms with Crippen LogP contribution in [-0.4, -0.2) is 60.8 Å². The van der Waals surface area contributed by atoms with Crippen LogP contribution in [0.1, 0.15) is 5.71 Å². The van der Waals surface area contributed by atoms with E-state index < -0.39 is 0 Å². The molecule has 0 aromatic carbocycles. The van der Waals surface area contributed by atoms with Crippen LogP contribution in [0.25, 0.3) is 0 Å². The zero-order valence-electron chi connectivity index (χ0n) is 6.80. The minimum absolute atomic E-state index is 0. The van der Waals surface area contributed by atoms with Crippen LogP contribution in [0.15, 0.2) is 0 Å². The van der Waals surface area contributed by atoms with E-state index in [4.69, 9.17) is 0 Å². The molecular formula is H4CaCuMgMnZn. The third-order valence-electron chi connectivity index (χ3n) is 0. The van der Waals surface area contributed by atoms with E-state index in [1.165, 1.54) is 0 Å². The van der Waals surface area contributed by atoms with Crippen LogP contribution in [0.4, 0.5) is 0 Å². The van der Waals surface area contributed by atoms with Crippen molar-refractivity contribution in [3.8, 4) is 0 Å². The molecule has 0 amide bonds. The zero-order valence-corrected chi connectivity index (χ0v) is 11.5. The number of hydrogen-bond donors (Lipinski definition) is 0. The maximum Gasteiger partial charge on any atom is 2.00 e. The average molecular weight is 252 g/mol. The monoisotopic (exact) mass is 250 g/mol. The van der Waals surface area contributed by atoms with Gasteiger partial charge >= 0.3 is 60.8 Å². The van der Waals surface area contributed by atoms with Crippen molar-refractivity contribution < 1.29 is 59.3 Å². The van der Waals surface area contributed by atoms with Crippen LogP contribution in [0.3, 0.4) is 0 Å². The third kappa shape index (κ3) is 18.3. The van der Waals surface area contributed by atoms with Gasteiger partial charge in [-0.15, -0.1) is 0 Å². The fraction of sp³-hybridized carbons (Fsp3) is 0. The van der Waals surface area contributed by atoms with Gasteiger partial charge in [0.25, 0.3) is 0 Å². The van der Waals surface area contributed by atoms with Crippen LogP contribution < -0.4 is 0 Å². The molecule has 0 aliphatic carbocycles. The summed E-state index contributed by atoms with van der Waals surface area (Å²) in [5.74, 6) is 0. The van der Waals surface area contributed by atoms with E-state index in [0.717, 1.165) is 0 Å². The van der Waals surface area contributed by atoms with E-state index >= 15 is 0 Å². The normalized spacial score (nSPS) is 0. The van der Waals surface area contributed by atoms with Gasteiger partial charge in [-0.05, 0) is 0 Å². The predicted octanol–water partition coefficient (Wildman–Crippen LogP) is -0.319. The van der Waals surface area contributed by atoms with Crippen LogP contribution in [0.2, 0.25) is 0 Å². The Labute approximate surface area is 118 Å². The molecule has 0 saturated heterocycles. The topological polar surface area (TPSA) is 0 Å². The van der Waals surface area contributed by atoms with Crippen molar-refractivity contribution in [1.29, 1.82) is 0 Å². The Morgan fingerprint density at radius 1 is 1.20 bits per heavy atom. The fourth-order valence-corrected chi connectivity index (χ4v) is 0. The van der Waals surface area contributed by atoms with E-state index in [0.29, 0.717) is 0 Å². The Bertz CT molecular complexity index is 20.5. The summed E-state index contributed by atoms with van der Waals surface area (Å²) in [6.45, 7) is 0. The molecule has 0 aromatic heterocycles. The number of hydrogen-bond acceptors (Lipinski definition) is 0. The molecule has 0 nitrogen and oxygen atoms in total. The van der Waals surface area contributed by atoms with E-state index in [-0.39, 0.29) is 120 Å². The molecule has 0 aliphatic heterocycles. The molecule has 0 N–H and O–H groups in total. The fourth-order valence-electron chi connectivity index (χ4n) is 0. The molecule has 0 atom stereocenters. The van der Waals surface area contributed by atoms with Gasteiger partial charge in [-0.2, -0.15) is 0 Å². The van der Waals surface area contributed by atoms with E-state index in [2.05, 4.69) is 0 Å². The van der Waals surface area contributed by atoms with Crippen molar-refractivity contribution in [3.05, 3.63) is 0 Å². The first-order valence-electron chi connectivity index (χ1n) is 0. The first-order valence-corrected chi connectivity index (χ1v) is 0. The Morgan fingerprint density at radius 2 is 1.20 bits per heavy atom. The molecule has 0 fully saturated rings. The molecule has 0 spiro atoms. The van der Waals surface area contributed by atoms with E-state index in [1.54, 1.807) is 0 Å². The molecule has 0 aromatic rings. The molecule has 28 valence electrons. The van der Waals surface area contributed by atoms with Gasteiger partial charge < -0.3 is 5.71 Å². The Kier molecular flexibility index (Phi) is 191. The zero-order chi connectivity index (χ0) is 0. The maximum absolute atomic E-state index is 0. The quantitative estimate of drug-likeness (QED) is 0.518. The standard InChI is InChI=1S/Ca.Cu.Mg.Mn.Zn.4H/q+2;;+2;;;4*-1. The summed E-state index contributed by atoms with van der Waals surface area (Å²) in [5.41, 5.74) is 0. The largest absolute Gasteiger partial charge is 2.00 e. The smallest absolute Gasteiger partial charge is 1.00 e. The van der Waals surface area contributed by atoms with Gasteiger partial charge in [0.15, 0.2) is 0 Å². The second-order valence-electron chi connectivity index (χ2n) is 0. The first kappa shape index (κ1) is 37.8. The predicted molar refractivity (Wildman–Crippen MR) is 16.0 cm³/mol. The molecule has 0 bridgehead atoms. The minimum Gasteiger partial charge on any atom is -1.00 e. The summed E-state index contributed by atoms with van der Waals surface area (Å²) in [6.07, 6.45) is 0. The Morgan fingerprint density at radius 3 is 1.20 bits per heavy atom. The van der Waals surface area contributed by atoms with Gasteiger partial charge in [-0.25, -0.2) is 0 Å². The van der Waals surface area contributed by atoms with Gasteiger partial charge in [0, 0.05) is 53.6 Å². The average Bonchev–Trinajstić information content (AvgIpc) is 0. The molecule has 0 saturated carbocycles. The second-order valence-corrected chi connectivity index (χ2v) is 0. The number of rotatable bonds is 0. The maximum atomic E-state index is 0. The second kappa shape index (κ2) is 25.3. The molecule has 5 heavy (non-hydrogen) atoms. The Balaban J connectivity index is 0. The molecule has 5 heteroatoms. The minimum atomic E-state index is 0. The van der Waals surface area contributed by atoms with Crippen LogP contribution in [0, 0.1) is 0 Å². The van der Waals surface area contributed by atoms with Crippen molar-refractivity contribution >= 4 is 60.8 Å². The van der Waals surface area contributed by atoms with Crippen molar-refractivity contribution in [2.24, 2.45) is 0 Å². The van der Waals surface area contributed by atoms with Gasteiger partial charge in [0.2, 0.25) is 0 Å². The third-order valence-corrected chi connectivity index (χ3v) is 0. The van der Waals surface area contributed by atoms with E-state index in [1.807, 2.05) is 0 Å². The van der Waals surface area contributed by atoms with Crippen molar-refractivity contribution in [1.82, 2.24) is 0 Å². The molecule has 0 heterocycles. The summed E-state index contributed by atoms with van der Waals surface area (Å²) in [5, 5.41) is 0. The van der Waals surface area contributed by atoms with Crippen LogP contribution in [-0.2, 0) is 53.6 Å². The summed E-state index contributed by atoms with van der Waals surface area (Å²) in [7, 11) is 0. The van der Waals surface area contributed by atoms with Gasteiger partial charge in [-0.3, -0.25) is 0 Å². The molecule has 0 rings (SSSR count). The summed E-state index contributed by atoms with van der Waals surface area (Å²) < 4.78 is 0. The summed E-state index contributed by atoms with van der Waals surface area (Å²) in [6, 6.07) is 0. The van der Waals surface area contributed by atoms with Gasteiger partial charge in [0.05, 0.1) is 0 Å². The van der Waals surface area contributed by atoms with Gasteiger partial charge in [0.1, 0.15) is 0 Å². The summed E-state index contributed by atoms with van der Waals surface area (Å²) >= 11 is 0.